The maximum Gasteiger partial charge on any atom is 0.0547 e. The third kappa shape index (κ3) is 4.09. The van der Waals surface area contributed by atoms with E-state index >= 15 is 0 Å². The van der Waals surface area contributed by atoms with Crippen LogP contribution in [-0.2, 0) is 0 Å². The van der Waals surface area contributed by atoms with Crippen LogP contribution in [0, 0.1) is 6.92 Å². The van der Waals surface area contributed by atoms with Gasteiger partial charge >= 0.3 is 0 Å². The summed E-state index contributed by atoms with van der Waals surface area (Å²) in [5.41, 5.74) is 12.4. The van der Waals surface area contributed by atoms with Gasteiger partial charge in [0.05, 0.1) is 16.7 Å². The minimum absolute atomic E-state index is 1.19. The molecule has 0 fully saturated rings. The van der Waals surface area contributed by atoms with E-state index in [0.717, 1.165) is 0 Å². The van der Waals surface area contributed by atoms with E-state index in [1.807, 2.05) is 0 Å². The topological polar surface area (TPSA) is 4.93 Å². The first-order valence-corrected chi connectivity index (χ1v) is 16.0. The van der Waals surface area contributed by atoms with Crippen LogP contribution in [0.1, 0.15) is 5.56 Å². The smallest absolute Gasteiger partial charge is 0.0547 e. The number of hydrogen-bond donors (Lipinski definition) is 0. The average molecular weight is 586 g/mol. The van der Waals surface area contributed by atoms with Crippen molar-refractivity contribution in [3.63, 3.8) is 0 Å². The molecule has 8 aromatic carbocycles. The van der Waals surface area contributed by atoms with Crippen molar-refractivity contribution < 1.29 is 0 Å². The van der Waals surface area contributed by atoms with E-state index < -0.39 is 0 Å². The molecule has 1 nitrogen and oxygen atoms in total. The van der Waals surface area contributed by atoms with Crippen LogP contribution >= 0.6 is 0 Å². The lowest BCUT2D eigenvalue weighted by atomic mass is 9.91. The van der Waals surface area contributed by atoms with Crippen LogP contribution in [0.25, 0.3) is 82.4 Å². The van der Waals surface area contributed by atoms with E-state index in [0.29, 0.717) is 0 Å². The second-order valence-electron chi connectivity index (χ2n) is 12.2. The number of rotatable bonds is 4. The average Bonchev–Trinajstić information content (AvgIpc) is 3.46. The number of benzene rings is 8. The summed E-state index contributed by atoms with van der Waals surface area (Å²) >= 11 is 0. The van der Waals surface area contributed by atoms with Gasteiger partial charge in [-0.15, -0.1) is 0 Å². The van der Waals surface area contributed by atoms with Crippen LogP contribution in [-0.4, -0.2) is 4.57 Å². The Labute approximate surface area is 268 Å². The quantitative estimate of drug-likeness (QED) is 0.194. The van der Waals surface area contributed by atoms with Crippen LogP contribution in [0.5, 0.6) is 0 Å². The second-order valence-corrected chi connectivity index (χ2v) is 12.2. The van der Waals surface area contributed by atoms with E-state index in [-0.39, 0.29) is 0 Å². The summed E-state index contributed by atoms with van der Waals surface area (Å²) in [6.07, 6.45) is 0. The van der Waals surface area contributed by atoms with Crippen molar-refractivity contribution in [1.29, 1.82) is 0 Å². The molecular formula is C45H31N. The highest BCUT2D eigenvalue weighted by molar-refractivity contribution is 6.18. The first-order valence-electron chi connectivity index (χ1n) is 16.0. The zero-order valence-corrected chi connectivity index (χ0v) is 25.6. The number of aryl methyl sites for hydroxylation is 1. The first-order chi connectivity index (χ1) is 22.8. The maximum atomic E-state index is 2.48. The molecule has 0 aliphatic carbocycles. The van der Waals surface area contributed by atoms with Gasteiger partial charge in [0.2, 0.25) is 0 Å². The Bertz CT molecular complexity index is 2570. The van der Waals surface area contributed by atoms with E-state index in [9.17, 15) is 0 Å². The third-order valence-corrected chi connectivity index (χ3v) is 9.56. The van der Waals surface area contributed by atoms with Crippen molar-refractivity contribution >= 4 is 43.4 Å². The van der Waals surface area contributed by atoms with E-state index in [1.165, 1.54) is 88.0 Å². The minimum atomic E-state index is 1.19. The SMILES string of the molecule is Cc1ccc(-c2ccc(-n3c4ccc(-c5ccccc5)cc4c4c(-c5ccccc5)cccc43)c3ccccc23)c2ccccc12. The van der Waals surface area contributed by atoms with Crippen LogP contribution in [0.3, 0.4) is 0 Å². The first kappa shape index (κ1) is 26.5. The summed E-state index contributed by atoms with van der Waals surface area (Å²) in [4.78, 5) is 0. The van der Waals surface area contributed by atoms with E-state index in [1.54, 1.807) is 0 Å². The molecule has 0 atom stereocenters. The molecule has 1 aromatic heterocycles. The molecule has 9 aromatic rings. The Morgan fingerprint density at radius 3 is 1.70 bits per heavy atom. The standard InChI is InChI=1S/C45H31N/c1-30-23-25-38(36-18-9-8-17-34(30)36)39-26-28-42(40-20-11-10-19-37(39)40)46-43-27-24-33(31-13-4-2-5-14-31)29-41(43)45-35(21-12-22-44(45)46)32-15-6-3-7-16-32/h2-29H,1H3. The fraction of sp³-hybridized carbons (Fsp3) is 0.0222. The molecule has 0 unspecified atom stereocenters. The van der Waals surface area contributed by atoms with Gasteiger partial charge in [-0.25, -0.2) is 0 Å². The summed E-state index contributed by atoms with van der Waals surface area (Å²) in [7, 11) is 0. The number of hydrogen-bond acceptors (Lipinski definition) is 0. The predicted molar refractivity (Wildman–Crippen MR) is 197 cm³/mol. The van der Waals surface area contributed by atoms with Crippen molar-refractivity contribution in [3.05, 3.63) is 175 Å². The summed E-state index contributed by atoms with van der Waals surface area (Å²) in [6.45, 7) is 2.20. The molecular weight excluding hydrogens is 555 g/mol. The van der Waals surface area contributed by atoms with Gasteiger partial charge in [-0.1, -0.05) is 146 Å². The van der Waals surface area contributed by atoms with Gasteiger partial charge in [-0.05, 0) is 86.3 Å². The fourth-order valence-electron chi connectivity index (χ4n) is 7.40. The lowest BCUT2D eigenvalue weighted by Crippen LogP contribution is -1.97. The third-order valence-electron chi connectivity index (χ3n) is 9.56. The number of fused-ring (bicyclic) bond motifs is 5. The van der Waals surface area contributed by atoms with Crippen LogP contribution < -0.4 is 0 Å². The van der Waals surface area contributed by atoms with Gasteiger partial charge in [-0.3, -0.25) is 0 Å². The summed E-state index contributed by atoms with van der Waals surface area (Å²) < 4.78 is 2.48. The lowest BCUT2D eigenvalue weighted by molar-refractivity contribution is 1.20. The molecule has 1 heteroatoms. The van der Waals surface area contributed by atoms with Crippen molar-refractivity contribution in [2.24, 2.45) is 0 Å². The Morgan fingerprint density at radius 2 is 0.957 bits per heavy atom. The van der Waals surface area contributed by atoms with Gasteiger partial charge in [0.1, 0.15) is 0 Å². The largest absolute Gasteiger partial charge is 0.309 e. The molecule has 0 bridgehead atoms. The van der Waals surface area contributed by atoms with E-state index in [4.69, 9.17) is 0 Å². The molecule has 0 amide bonds. The molecule has 1 heterocycles. The normalized spacial score (nSPS) is 11.6. The second kappa shape index (κ2) is 10.6. The zero-order chi connectivity index (χ0) is 30.6. The molecule has 0 aliphatic rings. The lowest BCUT2D eigenvalue weighted by Gasteiger charge is -2.16. The van der Waals surface area contributed by atoms with Gasteiger partial charge in [-0.2, -0.15) is 0 Å². The fourth-order valence-corrected chi connectivity index (χ4v) is 7.40. The molecule has 0 N–H and O–H groups in total. The monoisotopic (exact) mass is 585 g/mol. The summed E-state index contributed by atoms with van der Waals surface area (Å²) in [5, 5.41) is 7.62. The Morgan fingerprint density at radius 1 is 0.348 bits per heavy atom. The van der Waals surface area contributed by atoms with Crippen LogP contribution in [0.2, 0.25) is 0 Å². The van der Waals surface area contributed by atoms with Crippen molar-refractivity contribution in [3.8, 4) is 39.1 Å². The number of nitrogens with zero attached hydrogens (tertiary/aromatic N) is 1. The maximum absolute atomic E-state index is 2.48. The molecule has 0 saturated carbocycles. The van der Waals surface area contributed by atoms with E-state index in [2.05, 4.69) is 181 Å². The van der Waals surface area contributed by atoms with Crippen molar-refractivity contribution in [2.75, 3.05) is 0 Å². The Balaban J connectivity index is 1.36. The van der Waals surface area contributed by atoms with Gasteiger partial charge < -0.3 is 4.57 Å². The van der Waals surface area contributed by atoms with Gasteiger partial charge in [0.25, 0.3) is 0 Å². The highest BCUT2D eigenvalue weighted by atomic mass is 15.0. The number of aromatic nitrogens is 1. The summed E-state index contributed by atoms with van der Waals surface area (Å²) in [6, 6.07) is 62.0. The minimum Gasteiger partial charge on any atom is -0.309 e. The van der Waals surface area contributed by atoms with Gasteiger partial charge in [0, 0.05) is 16.2 Å². The highest BCUT2D eigenvalue weighted by Gasteiger charge is 2.19. The molecule has 216 valence electrons. The van der Waals surface area contributed by atoms with Gasteiger partial charge in [0.15, 0.2) is 0 Å². The molecule has 0 spiro atoms. The predicted octanol–water partition coefficient (Wildman–Crippen LogP) is 12.4. The molecule has 46 heavy (non-hydrogen) atoms. The highest BCUT2D eigenvalue weighted by Crippen LogP contribution is 2.43. The van der Waals surface area contributed by atoms with Crippen LogP contribution in [0.15, 0.2) is 170 Å². The summed E-state index contributed by atoms with van der Waals surface area (Å²) in [5.74, 6) is 0. The molecule has 0 radical (unpaired) electrons. The zero-order valence-electron chi connectivity index (χ0n) is 25.6. The van der Waals surface area contributed by atoms with Crippen molar-refractivity contribution in [1.82, 2.24) is 4.57 Å². The molecule has 0 aliphatic heterocycles. The van der Waals surface area contributed by atoms with Crippen molar-refractivity contribution in [2.45, 2.75) is 6.92 Å². The molecule has 9 rings (SSSR count). The van der Waals surface area contributed by atoms with Crippen LogP contribution in [0.4, 0.5) is 0 Å². The molecule has 0 saturated heterocycles. The Kier molecular flexibility index (Phi) is 6.11. The Hall–Kier alpha value is -5.92.